The highest BCUT2D eigenvalue weighted by Crippen LogP contribution is 2.25. The maximum atomic E-state index is 5.38. The summed E-state index contributed by atoms with van der Waals surface area (Å²) >= 11 is 0. The Bertz CT molecular complexity index is 157. The monoisotopic (exact) mass is 172 g/mol. The first-order valence-electron chi connectivity index (χ1n) is 4.14. The molecule has 0 spiro atoms. The third-order valence-corrected chi connectivity index (χ3v) is 2.16. The van der Waals surface area contributed by atoms with Crippen molar-refractivity contribution in [3.8, 4) is 0 Å². The zero-order chi connectivity index (χ0) is 9.78. The molecule has 0 bridgehead atoms. The molecule has 0 aromatic heterocycles. The molecule has 0 radical (unpaired) electrons. The summed E-state index contributed by atoms with van der Waals surface area (Å²) in [6, 6.07) is 0. The normalized spacial score (nSPS) is 15.9. The van der Waals surface area contributed by atoms with E-state index >= 15 is 0 Å². The van der Waals surface area contributed by atoms with E-state index in [1.807, 2.05) is 0 Å². The van der Waals surface area contributed by atoms with Crippen LogP contribution < -0.4 is 17.0 Å². The third kappa shape index (κ3) is 4.18. The maximum absolute atomic E-state index is 5.38. The minimum atomic E-state index is 0.262. The van der Waals surface area contributed by atoms with Crippen LogP contribution in [-0.4, -0.2) is 12.5 Å². The van der Waals surface area contributed by atoms with Gasteiger partial charge in [0.15, 0.2) is 0 Å². The van der Waals surface area contributed by atoms with Crippen LogP contribution in [0.15, 0.2) is 4.99 Å². The largest absolute Gasteiger partial charge is 0.369 e. The van der Waals surface area contributed by atoms with Crippen molar-refractivity contribution in [2.24, 2.45) is 27.9 Å². The molecule has 0 heterocycles. The van der Waals surface area contributed by atoms with E-state index in [1.165, 1.54) is 0 Å². The molecule has 0 saturated carbocycles. The van der Waals surface area contributed by atoms with Crippen molar-refractivity contribution in [1.82, 2.24) is 5.43 Å². The van der Waals surface area contributed by atoms with E-state index in [-0.39, 0.29) is 5.41 Å². The summed E-state index contributed by atoms with van der Waals surface area (Å²) in [6.45, 7) is 9.39. The summed E-state index contributed by atoms with van der Waals surface area (Å²) in [5, 5.41) is 0. The second kappa shape index (κ2) is 4.30. The maximum Gasteiger partial charge on any atom is 0.203 e. The van der Waals surface area contributed by atoms with E-state index < -0.39 is 0 Å². The Kier molecular flexibility index (Phi) is 4.03. The number of aliphatic imine (C=N–C) groups is 1. The Morgan fingerprint density at radius 2 is 2.00 bits per heavy atom. The third-order valence-electron chi connectivity index (χ3n) is 2.16. The average Bonchev–Trinajstić information content (AvgIpc) is 1.97. The number of nitrogens with one attached hydrogen (secondary N) is 1. The van der Waals surface area contributed by atoms with E-state index in [0.717, 1.165) is 0 Å². The summed E-state index contributed by atoms with van der Waals surface area (Å²) < 4.78 is 0. The van der Waals surface area contributed by atoms with Crippen molar-refractivity contribution in [3.05, 3.63) is 0 Å². The molecule has 0 aliphatic carbocycles. The fraction of sp³-hybridized carbons (Fsp3) is 0.875. The molecule has 0 aliphatic rings. The Morgan fingerprint density at radius 3 is 2.33 bits per heavy atom. The number of nitrogens with zero attached hydrogens (tertiary/aromatic N) is 1. The van der Waals surface area contributed by atoms with Gasteiger partial charge in [-0.05, 0) is 11.3 Å². The van der Waals surface area contributed by atoms with Crippen LogP contribution in [0, 0.1) is 11.3 Å². The molecule has 72 valence electrons. The zero-order valence-corrected chi connectivity index (χ0v) is 8.39. The molecule has 0 saturated heterocycles. The van der Waals surface area contributed by atoms with Crippen molar-refractivity contribution in [2.45, 2.75) is 27.7 Å². The van der Waals surface area contributed by atoms with E-state index in [1.54, 1.807) is 0 Å². The molecule has 0 amide bonds. The van der Waals surface area contributed by atoms with Gasteiger partial charge in [-0.3, -0.25) is 10.4 Å². The second-order valence-electron chi connectivity index (χ2n) is 4.14. The lowest BCUT2D eigenvalue weighted by molar-refractivity contribution is 0.269. The molecule has 4 heteroatoms. The molecule has 4 nitrogen and oxygen atoms in total. The number of rotatable bonds is 2. The molecular weight excluding hydrogens is 152 g/mol. The molecule has 12 heavy (non-hydrogen) atoms. The fourth-order valence-corrected chi connectivity index (χ4v) is 0.555. The van der Waals surface area contributed by atoms with Gasteiger partial charge < -0.3 is 5.73 Å². The molecule has 5 N–H and O–H groups in total. The number of hydrazine groups is 1. The van der Waals surface area contributed by atoms with Crippen LogP contribution in [0.5, 0.6) is 0 Å². The summed E-state index contributed by atoms with van der Waals surface area (Å²) in [7, 11) is 0. The Balaban J connectivity index is 3.94. The summed E-state index contributed by atoms with van der Waals surface area (Å²) in [5.41, 5.74) is 7.94. The highest BCUT2D eigenvalue weighted by molar-refractivity contribution is 5.77. The quantitative estimate of drug-likeness (QED) is 0.245. The predicted molar refractivity (Wildman–Crippen MR) is 52.4 cm³/mol. The topological polar surface area (TPSA) is 76.4 Å². The zero-order valence-electron chi connectivity index (χ0n) is 8.39. The van der Waals surface area contributed by atoms with E-state index in [2.05, 4.69) is 38.1 Å². The molecule has 0 aromatic rings. The van der Waals surface area contributed by atoms with E-state index in [4.69, 9.17) is 11.6 Å². The van der Waals surface area contributed by atoms with Crippen LogP contribution in [0.25, 0.3) is 0 Å². The summed E-state index contributed by atoms with van der Waals surface area (Å²) in [6.07, 6.45) is 0. The first-order chi connectivity index (χ1) is 5.38. The Morgan fingerprint density at radius 1 is 1.50 bits per heavy atom. The van der Waals surface area contributed by atoms with Gasteiger partial charge >= 0.3 is 0 Å². The lowest BCUT2D eigenvalue weighted by Crippen LogP contribution is -2.37. The highest BCUT2D eigenvalue weighted by Gasteiger charge is 2.19. The minimum Gasteiger partial charge on any atom is -0.369 e. The molecule has 0 rings (SSSR count). The van der Waals surface area contributed by atoms with Gasteiger partial charge in [-0.1, -0.05) is 27.7 Å². The molecule has 0 fully saturated rings. The van der Waals surface area contributed by atoms with Gasteiger partial charge in [0.05, 0.1) is 0 Å². The van der Waals surface area contributed by atoms with Crippen molar-refractivity contribution in [3.63, 3.8) is 0 Å². The van der Waals surface area contributed by atoms with Crippen molar-refractivity contribution in [2.75, 3.05) is 6.54 Å². The fourth-order valence-electron chi connectivity index (χ4n) is 0.555. The van der Waals surface area contributed by atoms with Gasteiger partial charge in [0, 0.05) is 6.54 Å². The number of hydrogen-bond donors (Lipinski definition) is 3. The van der Waals surface area contributed by atoms with E-state index in [9.17, 15) is 0 Å². The predicted octanol–water partition coefficient (Wildman–Crippen LogP) is 0.447. The van der Waals surface area contributed by atoms with Crippen molar-refractivity contribution >= 4 is 5.96 Å². The molecule has 1 atom stereocenters. The summed E-state index contributed by atoms with van der Waals surface area (Å²) in [5.74, 6) is 5.85. The molecule has 0 aromatic carbocycles. The standard InChI is InChI=1S/C8H20N4/c1-6(8(2,3)4)5-11-7(9)12-10/h6H,5,10H2,1-4H3,(H3,9,11,12). The highest BCUT2D eigenvalue weighted by atomic mass is 15.3. The van der Waals surface area contributed by atoms with Gasteiger partial charge in [0.1, 0.15) is 0 Å². The Labute approximate surface area is 74.4 Å². The van der Waals surface area contributed by atoms with Gasteiger partial charge in [-0.15, -0.1) is 0 Å². The van der Waals surface area contributed by atoms with Crippen LogP contribution in [0.4, 0.5) is 0 Å². The summed E-state index contributed by atoms with van der Waals surface area (Å²) in [4.78, 5) is 4.07. The van der Waals surface area contributed by atoms with Crippen LogP contribution in [0.2, 0.25) is 0 Å². The van der Waals surface area contributed by atoms with Gasteiger partial charge in [0.2, 0.25) is 5.96 Å². The number of hydrogen-bond acceptors (Lipinski definition) is 2. The van der Waals surface area contributed by atoms with Gasteiger partial charge in [-0.2, -0.15) is 0 Å². The molecular formula is C8H20N4. The number of guanidine groups is 1. The first-order valence-corrected chi connectivity index (χ1v) is 4.14. The molecule has 0 aliphatic heterocycles. The molecule has 1 unspecified atom stereocenters. The van der Waals surface area contributed by atoms with Crippen LogP contribution >= 0.6 is 0 Å². The second-order valence-corrected chi connectivity index (χ2v) is 4.14. The lowest BCUT2D eigenvalue weighted by atomic mass is 9.82. The van der Waals surface area contributed by atoms with Crippen molar-refractivity contribution < 1.29 is 0 Å². The van der Waals surface area contributed by atoms with E-state index in [0.29, 0.717) is 18.4 Å². The first kappa shape index (κ1) is 11.2. The smallest absolute Gasteiger partial charge is 0.203 e. The van der Waals surface area contributed by atoms with Crippen LogP contribution in [0.3, 0.4) is 0 Å². The van der Waals surface area contributed by atoms with Crippen LogP contribution in [0.1, 0.15) is 27.7 Å². The lowest BCUT2D eigenvalue weighted by Gasteiger charge is -2.25. The van der Waals surface area contributed by atoms with Crippen molar-refractivity contribution in [1.29, 1.82) is 0 Å². The van der Waals surface area contributed by atoms with Crippen LogP contribution in [-0.2, 0) is 0 Å². The average molecular weight is 172 g/mol. The van der Waals surface area contributed by atoms with Gasteiger partial charge in [0.25, 0.3) is 0 Å². The van der Waals surface area contributed by atoms with Gasteiger partial charge in [-0.25, -0.2) is 5.84 Å². The number of nitrogens with two attached hydrogens (primary N) is 2. The Hall–Kier alpha value is -0.770. The SMILES string of the molecule is CC(CN=C(N)NN)C(C)(C)C. The minimum absolute atomic E-state index is 0.262.